The topological polar surface area (TPSA) is 59.2 Å². The van der Waals surface area contributed by atoms with E-state index < -0.39 is 0 Å². The van der Waals surface area contributed by atoms with E-state index in [4.69, 9.17) is 10.7 Å². The molecule has 1 aliphatic rings. The molecule has 0 spiro atoms. The lowest BCUT2D eigenvalue weighted by Gasteiger charge is -2.23. The van der Waals surface area contributed by atoms with E-state index in [2.05, 4.69) is 6.07 Å². The van der Waals surface area contributed by atoms with Crippen LogP contribution in [0.25, 0.3) is 10.2 Å². The highest BCUT2D eigenvalue weighted by atomic mass is 32.1. The first-order valence-electron chi connectivity index (χ1n) is 8.22. The van der Waals surface area contributed by atoms with Crippen LogP contribution in [0.2, 0.25) is 0 Å². The number of fused-ring (bicyclic) bond motifs is 1. The summed E-state index contributed by atoms with van der Waals surface area (Å²) >= 11 is 1.70. The van der Waals surface area contributed by atoms with E-state index in [-0.39, 0.29) is 11.9 Å². The summed E-state index contributed by atoms with van der Waals surface area (Å²) < 4.78 is 1.18. The van der Waals surface area contributed by atoms with E-state index in [1.54, 1.807) is 11.3 Å². The Kier molecular flexibility index (Phi) is 4.04. The molecule has 0 aliphatic carbocycles. The largest absolute Gasteiger partial charge is 0.329 e. The average Bonchev–Trinajstić information content (AvgIpc) is 3.27. The number of nitrogens with two attached hydrogens (primary N) is 1. The second kappa shape index (κ2) is 6.34. The third-order valence-electron chi connectivity index (χ3n) is 4.55. The molecule has 5 heteroatoms. The molecule has 1 fully saturated rings. The van der Waals surface area contributed by atoms with Crippen molar-refractivity contribution in [2.24, 2.45) is 5.73 Å². The molecular weight excluding hydrogens is 318 g/mol. The molecule has 1 aliphatic heterocycles. The highest BCUT2D eigenvalue weighted by Crippen LogP contribution is 2.37. The third-order valence-corrected chi connectivity index (χ3v) is 5.68. The number of carbonyl (C=O) groups is 1. The Hall–Kier alpha value is -2.24. The summed E-state index contributed by atoms with van der Waals surface area (Å²) in [6.07, 6.45) is 2.00. The first-order valence-corrected chi connectivity index (χ1v) is 9.03. The molecule has 122 valence electrons. The third kappa shape index (κ3) is 2.70. The summed E-state index contributed by atoms with van der Waals surface area (Å²) in [7, 11) is 0. The van der Waals surface area contributed by atoms with Crippen molar-refractivity contribution in [3.63, 3.8) is 0 Å². The SMILES string of the molecule is NCc1ccc(C(=O)N2CCCC2c2nc3ccccc3s2)cc1. The Morgan fingerprint density at radius 1 is 1.21 bits per heavy atom. The predicted octanol–water partition coefficient (Wildman–Crippen LogP) is 3.73. The maximum absolute atomic E-state index is 12.9. The van der Waals surface area contributed by atoms with E-state index in [9.17, 15) is 4.79 Å². The summed E-state index contributed by atoms with van der Waals surface area (Å²) in [4.78, 5) is 19.6. The zero-order chi connectivity index (χ0) is 16.5. The Labute approximate surface area is 144 Å². The van der Waals surface area contributed by atoms with Crippen molar-refractivity contribution in [1.29, 1.82) is 0 Å². The number of likely N-dealkylation sites (tertiary alicyclic amines) is 1. The zero-order valence-corrected chi connectivity index (χ0v) is 14.1. The Morgan fingerprint density at radius 3 is 2.75 bits per heavy atom. The van der Waals surface area contributed by atoms with Crippen LogP contribution >= 0.6 is 11.3 Å². The van der Waals surface area contributed by atoms with Crippen LogP contribution in [-0.4, -0.2) is 22.3 Å². The monoisotopic (exact) mass is 337 g/mol. The van der Waals surface area contributed by atoms with Gasteiger partial charge in [-0.05, 0) is 42.7 Å². The number of hydrogen-bond donors (Lipinski definition) is 1. The summed E-state index contributed by atoms with van der Waals surface area (Å²) in [5.74, 6) is 0.0836. The fourth-order valence-corrected chi connectivity index (χ4v) is 4.36. The fraction of sp³-hybridized carbons (Fsp3) is 0.263. The highest BCUT2D eigenvalue weighted by Gasteiger charge is 2.32. The van der Waals surface area contributed by atoms with Crippen LogP contribution in [0, 0.1) is 0 Å². The van der Waals surface area contributed by atoms with Gasteiger partial charge in [0.05, 0.1) is 16.3 Å². The number of rotatable bonds is 3. The molecular formula is C19H19N3OS. The Morgan fingerprint density at radius 2 is 2.00 bits per heavy atom. The quantitative estimate of drug-likeness (QED) is 0.792. The molecule has 1 amide bonds. The minimum absolute atomic E-state index is 0.0836. The maximum Gasteiger partial charge on any atom is 0.254 e. The van der Waals surface area contributed by atoms with E-state index >= 15 is 0 Å². The van der Waals surface area contributed by atoms with Crippen LogP contribution in [0.3, 0.4) is 0 Å². The molecule has 4 nitrogen and oxygen atoms in total. The van der Waals surface area contributed by atoms with Gasteiger partial charge in [-0.1, -0.05) is 24.3 Å². The van der Waals surface area contributed by atoms with Gasteiger partial charge in [0.15, 0.2) is 0 Å². The molecule has 4 rings (SSSR count). The minimum atomic E-state index is 0.0836. The normalized spacial score (nSPS) is 17.5. The molecule has 2 N–H and O–H groups in total. The fourth-order valence-electron chi connectivity index (χ4n) is 3.25. The van der Waals surface area contributed by atoms with Gasteiger partial charge in [-0.15, -0.1) is 11.3 Å². The molecule has 0 radical (unpaired) electrons. The smallest absolute Gasteiger partial charge is 0.254 e. The van der Waals surface area contributed by atoms with Gasteiger partial charge in [-0.25, -0.2) is 4.98 Å². The molecule has 0 bridgehead atoms. The van der Waals surface area contributed by atoms with Crippen molar-refractivity contribution in [1.82, 2.24) is 9.88 Å². The number of carbonyl (C=O) groups excluding carboxylic acids is 1. The predicted molar refractivity (Wildman–Crippen MR) is 97.0 cm³/mol. The van der Waals surface area contributed by atoms with E-state index in [1.807, 2.05) is 47.4 Å². The summed E-state index contributed by atoms with van der Waals surface area (Å²) in [5, 5.41) is 1.04. The number of benzene rings is 2. The lowest BCUT2D eigenvalue weighted by molar-refractivity contribution is 0.0735. The minimum Gasteiger partial charge on any atom is -0.329 e. The molecule has 1 atom stereocenters. The van der Waals surface area contributed by atoms with E-state index in [1.165, 1.54) is 4.70 Å². The van der Waals surface area contributed by atoms with Crippen LogP contribution in [0.1, 0.15) is 39.8 Å². The first kappa shape index (κ1) is 15.3. The standard InChI is InChI=1S/C19H19N3OS/c20-12-13-7-9-14(10-8-13)19(23)22-11-3-5-16(22)18-21-15-4-1-2-6-17(15)24-18/h1-2,4,6-10,16H,3,5,11-12,20H2. The molecule has 1 aromatic heterocycles. The molecule has 3 aromatic rings. The second-order valence-corrected chi connectivity index (χ2v) is 7.14. The number of para-hydroxylation sites is 1. The highest BCUT2D eigenvalue weighted by molar-refractivity contribution is 7.18. The number of thiazole rings is 1. The van der Waals surface area contributed by atoms with Crippen molar-refractivity contribution < 1.29 is 4.79 Å². The molecule has 24 heavy (non-hydrogen) atoms. The van der Waals surface area contributed by atoms with Gasteiger partial charge in [-0.2, -0.15) is 0 Å². The van der Waals surface area contributed by atoms with Gasteiger partial charge >= 0.3 is 0 Å². The Balaban J connectivity index is 1.62. The molecule has 1 saturated heterocycles. The van der Waals surface area contributed by atoms with Crippen LogP contribution in [-0.2, 0) is 6.54 Å². The second-order valence-electron chi connectivity index (χ2n) is 6.08. The number of hydrogen-bond acceptors (Lipinski definition) is 4. The molecule has 0 saturated carbocycles. The van der Waals surface area contributed by atoms with Crippen molar-refractivity contribution >= 4 is 27.5 Å². The van der Waals surface area contributed by atoms with Gasteiger partial charge in [-0.3, -0.25) is 4.79 Å². The van der Waals surface area contributed by atoms with Crippen molar-refractivity contribution in [3.8, 4) is 0 Å². The van der Waals surface area contributed by atoms with Crippen LogP contribution in [0.4, 0.5) is 0 Å². The van der Waals surface area contributed by atoms with Gasteiger partial charge in [0.2, 0.25) is 0 Å². The average molecular weight is 337 g/mol. The maximum atomic E-state index is 12.9. The zero-order valence-electron chi connectivity index (χ0n) is 13.3. The summed E-state index contributed by atoms with van der Waals surface area (Å²) in [5.41, 5.74) is 8.41. The molecule has 1 unspecified atom stereocenters. The number of aromatic nitrogens is 1. The van der Waals surface area contributed by atoms with Crippen LogP contribution in [0.15, 0.2) is 48.5 Å². The number of amides is 1. The van der Waals surface area contributed by atoms with Gasteiger partial charge in [0, 0.05) is 18.7 Å². The van der Waals surface area contributed by atoms with E-state index in [0.29, 0.717) is 6.54 Å². The molecule has 2 heterocycles. The van der Waals surface area contributed by atoms with Crippen molar-refractivity contribution in [3.05, 3.63) is 64.7 Å². The van der Waals surface area contributed by atoms with Gasteiger partial charge < -0.3 is 10.6 Å². The molecule has 2 aromatic carbocycles. The van der Waals surface area contributed by atoms with Crippen LogP contribution in [0.5, 0.6) is 0 Å². The summed E-state index contributed by atoms with van der Waals surface area (Å²) in [6.45, 7) is 1.28. The summed E-state index contributed by atoms with van der Waals surface area (Å²) in [6, 6.07) is 15.8. The van der Waals surface area contributed by atoms with Gasteiger partial charge in [0.1, 0.15) is 5.01 Å². The Bertz CT molecular complexity index is 839. The number of nitrogens with zero attached hydrogens (tertiary/aromatic N) is 2. The van der Waals surface area contributed by atoms with Crippen LogP contribution < -0.4 is 5.73 Å². The first-order chi connectivity index (χ1) is 11.8. The van der Waals surface area contributed by atoms with Crippen molar-refractivity contribution in [2.45, 2.75) is 25.4 Å². The van der Waals surface area contributed by atoms with Crippen molar-refractivity contribution in [2.75, 3.05) is 6.54 Å². The van der Waals surface area contributed by atoms with Gasteiger partial charge in [0.25, 0.3) is 5.91 Å². The lowest BCUT2D eigenvalue weighted by atomic mass is 10.1. The van der Waals surface area contributed by atoms with E-state index in [0.717, 1.165) is 41.0 Å². The lowest BCUT2D eigenvalue weighted by Crippen LogP contribution is -2.30.